The van der Waals surface area contributed by atoms with Gasteiger partial charge >= 0.3 is 0 Å². The maximum atomic E-state index is 5.52. The molecule has 1 aliphatic heterocycles. The van der Waals surface area contributed by atoms with Crippen molar-refractivity contribution in [2.75, 3.05) is 27.3 Å². The van der Waals surface area contributed by atoms with Gasteiger partial charge in [0.05, 0.1) is 14.2 Å². The number of nitrogens with one attached hydrogen (secondary N) is 2. The fraction of sp³-hybridized carbons (Fsp3) is 0.417. The van der Waals surface area contributed by atoms with Gasteiger partial charge in [0, 0.05) is 22.2 Å². The van der Waals surface area contributed by atoms with Crippen LogP contribution in [0.2, 0.25) is 0 Å². The molecule has 3 aromatic rings. The molecule has 0 atom stereocenters. The zero-order chi connectivity index (χ0) is 19.7. The number of aromatic nitrogens is 1. The Hall–Kier alpha value is -2.46. The smallest absolute Gasteiger partial charge is 0.161 e. The van der Waals surface area contributed by atoms with Crippen LogP contribution in [-0.4, -0.2) is 32.3 Å². The molecule has 0 saturated carbocycles. The van der Waals surface area contributed by atoms with Crippen molar-refractivity contribution in [2.45, 2.75) is 39.0 Å². The van der Waals surface area contributed by atoms with Crippen molar-refractivity contribution in [2.24, 2.45) is 0 Å². The van der Waals surface area contributed by atoms with E-state index in [1.54, 1.807) is 14.2 Å². The summed E-state index contributed by atoms with van der Waals surface area (Å²) in [5.41, 5.74) is 7.81. The minimum Gasteiger partial charge on any atom is -0.493 e. The Morgan fingerprint density at radius 2 is 1.75 bits per heavy atom. The van der Waals surface area contributed by atoms with Gasteiger partial charge < -0.3 is 19.8 Å². The van der Waals surface area contributed by atoms with Crippen molar-refractivity contribution in [1.29, 1.82) is 0 Å². The highest BCUT2D eigenvalue weighted by molar-refractivity contribution is 5.92. The van der Waals surface area contributed by atoms with E-state index in [2.05, 4.69) is 48.4 Å². The standard InChI is InChI=1S/C24H30N2O2/c1-5-18-20-14-19(16-8-10-25-11-9-16)15(2)12-21(20)26-24(18)17-6-7-22(27-3)23(13-17)28-4/h6-7,12-14,16,25-26H,5,8-11H2,1-4H3. The molecule has 1 saturated heterocycles. The largest absolute Gasteiger partial charge is 0.493 e. The summed E-state index contributed by atoms with van der Waals surface area (Å²) in [7, 11) is 3.35. The maximum Gasteiger partial charge on any atom is 0.161 e. The molecule has 2 aromatic carbocycles. The molecule has 1 aliphatic rings. The van der Waals surface area contributed by atoms with Gasteiger partial charge in [-0.15, -0.1) is 0 Å². The highest BCUT2D eigenvalue weighted by atomic mass is 16.5. The van der Waals surface area contributed by atoms with Crippen LogP contribution < -0.4 is 14.8 Å². The normalized spacial score (nSPS) is 15.1. The summed E-state index contributed by atoms with van der Waals surface area (Å²) in [6.45, 7) is 6.72. The van der Waals surface area contributed by atoms with E-state index in [-0.39, 0.29) is 0 Å². The predicted octanol–water partition coefficient (Wildman–Crippen LogP) is 5.19. The van der Waals surface area contributed by atoms with Gasteiger partial charge in [0.2, 0.25) is 0 Å². The molecule has 28 heavy (non-hydrogen) atoms. The Balaban J connectivity index is 1.84. The molecular formula is C24H30N2O2. The average molecular weight is 379 g/mol. The molecule has 0 radical (unpaired) electrons. The van der Waals surface area contributed by atoms with Crippen LogP contribution in [0, 0.1) is 6.92 Å². The highest BCUT2D eigenvalue weighted by Crippen LogP contribution is 2.38. The van der Waals surface area contributed by atoms with Gasteiger partial charge in [0.15, 0.2) is 11.5 Å². The van der Waals surface area contributed by atoms with Crippen LogP contribution in [0.5, 0.6) is 11.5 Å². The second kappa shape index (κ2) is 7.88. The molecule has 148 valence electrons. The van der Waals surface area contributed by atoms with Gasteiger partial charge in [-0.1, -0.05) is 6.92 Å². The van der Waals surface area contributed by atoms with Gasteiger partial charge in [0.1, 0.15) is 0 Å². The number of piperidine rings is 1. The second-order valence-electron chi connectivity index (χ2n) is 7.68. The van der Waals surface area contributed by atoms with Crippen LogP contribution in [0.4, 0.5) is 0 Å². The van der Waals surface area contributed by atoms with Crippen LogP contribution in [-0.2, 0) is 6.42 Å². The summed E-state index contributed by atoms with van der Waals surface area (Å²) in [5, 5.41) is 4.83. The number of aromatic amines is 1. The molecule has 0 amide bonds. The lowest BCUT2D eigenvalue weighted by Gasteiger charge is -2.24. The lowest BCUT2D eigenvalue weighted by atomic mass is 9.86. The molecule has 4 heteroatoms. The van der Waals surface area contributed by atoms with Gasteiger partial charge in [-0.2, -0.15) is 0 Å². The van der Waals surface area contributed by atoms with E-state index in [1.165, 1.54) is 46.1 Å². The van der Waals surface area contributed by atoms with Gasteiger partial charge in [-0.05, 0) is 92.2 Å². The summed E-state index contributed by atoms with van der Waals surface area (Å²) in [6.07, 6.45) is 3.43. The fourth-order valence-electron chi connectivity index (χ4n) is 4.60. The Labute approximate surface area is 167 Å². The zero-order valence-electron chi connectivity index (χ0n) is 17.3. The number of rotatable bonds is 5. The van der Waals surface area contributed by atoms with Gasteiger partial charge in [-0.25, -0.2) is 0 Å². The molecule has 0 bridgehead atoms. The molecule has 4 rings (SSSR count). The van der Waals surface area contributed by atoms with E-state index in [1.807, 2.05) is 6.07 Å². The minimum atomic E-state index is 0.662. The summed E-state index contributed by atoms with van der Waals surface area (Å²) < 4.78 is 10.9. The first kappa shape index (κ1) is 18.9. The first-order valence-electron chi connectivity index (χ1n) is 10.2. The molecule has 2 N–H and O–H groups in total. The van der Waals surface area contributed by atoms with Crippen molar-refractivity contribution < 1.29 is 9.47 Å². The number of ether oxygens (including phenoxy) is 2. The number of benzene rings is 2. The molecule has 2 heterocycles. The average Bonchev–Trinajstić information content (AvgIpc) is 3.10. The Bertz CT molecular complexity index is 984. The summed E-state index contributed by atoms with van der Waals surface area (Å²) in [4.78, 5) is 3.68. The van der Waals surface area contributed by atoms with Gasteiger partial charge in [-0.3, -0.25) is 0 Å². The number of hydrogen-bond acceptors (Lipinski definition) is 3. The number of methoxy groups -OCH3 is 2. The molecule has 0 spiro atoms. The molecule has 1 aromatic heterocycles. The van der Waals surface area contributed by atoms with Crippen molar-refractivity contribution in [3.05, 3.63) is 47.0 Å². The first-order chi connectivity index (χ1) is 13.7. The van der Waals surface area contributed by atoms with Crippen molar-refractivity contribution in [3.63, 3.8) is 0 Å². The second-order valence-corrected chi connectivity index (χ2v) is 7.68. The first-order valence-corrected chi connectivity index (χ1v) is 10.2. The molecule has 1 fully saturated rings. The lowest BCUT2D eigenvalue weighted by Crippen LogP contribution is -2.26. The third-order valence-electron chi connectivity index (χ3n) is 6.10. The monoisotopic (exact) mass is 378 g/mol. The van der Waals surface area contributed by atoms with E-state index in [9.17, 15) is 0 Å². The molecule has 0 unspecified atom stereocenters. The predicted molar refractivity (Wildman–Crippen MR) is 116 cm³/mol. The van der Waals surface area contributed by atoms with Crippen molar-refractivity contribution >= 4 is 10.9 Å². The topological polar surface area (TPSA) is 46.3 Å². The number of fused-ring (bicyclic) bond motifs is 1. The van der Waals surface area contributed by atoms with E-state index in [4.69, 9.17) is 9.47 Å². The van der Waals surface area contributed by atoms with Crippen molar-refractivity contribution in [3.8, 4) is 22.8 Å². The molecule has 0 aliphatic carbocycles. The quantitative estimate of drug-likeness (QED) is 0.642. The van der Waals surface area contributed by atoms with Gasteiger partial charge in [0.25, 0.3) is 0 Å². The van der Waals surface area contributed by atoms with E-state index in [0.717, 1.165) is 36.6 Å². The summed E-state index contributed by atoms with van der Waals surface area (Å²) in [5.74, 6) is 2.17. The van der Waals surface area contributed by atoms with Crippen LogP contribution >= 0.6 is 0 Å². The van der Waals surface area contributed by atoms with Crippen LogP contribution in [0.1, 0.15) is 42.4 Å². The summed E-state index contributed by atoms with van der Waals surface area (Å²) in [6, 6.07) is 10.9. The van der Waals surface area contributed by atoms with E-state index >= 15 is 0 Å². The lowest BCUT2D eigenvalue weighted by molar-refractivity contribution is 0.355. The Morgan fingerprint density at radius 3 is 2.43 bits per heavy atom. The number of aryl methyl sites for hydroxylation is 2. The van der Waals surface area contributed by atoms with Crippen molar-refractivity contribution in [1.82, 2.24) is 10.3 Å². The molecule has 4 nitrogen and oxygen atoms in total. The minimum absolute atomic E-state index is 0.662. The third kappa shape index (κ3) is 3.26. The fourth-order valence-corrected chi connectivity index (χ4v) is 4.60. The third-order valence-corrected chi connectivity index (χ3v) is 6.10. The number of H-pyrrole nitrogens is 1. The molecular weight excluding hydrogens is 348 g/mol. The SMILES string of the molecule is CCc1c(-c2ccc(OC)c(OC)c2)[nH]c2cc(C)c(C3CCNCC3)cc12. The highest BCUT2D eigenvalue weighted by Gasteiger charge is 2.20. The van der Waals surface area contributed by atoms with Crippen LogP contribution in [0.15, 0.2) is 30.3 Å². The maximum absolute atomic E-state index is 5.52. The van der Waals surface area contributed by atoms with E-state index < -0.39 is 0 Å². The Morgan fingerprint density at radius 1 is 1.00 bits per heavy atom. The Kier molecular flexibility index (Phi) is 5.31. The summed E-state index contributed by atoms with van der Waals surface area (Å²) >= 11 is 0. The number of hydrogen-bond donors (Lipinski definition) is 2. The van der Waals surface area contributed by atoms with Crippen LogP contribution in [0.25, 0.3) is 22.2 Å². The van der Waals surface area contributed by atoms with Crippen LogP contribution in [0.3, 0.4) is 0 Å². The zero-order valence-corrected chi connectivity index (χ0v) is 17.3. The van der Waals surface area contributed by atoms with E-state index in [0.29, 0.717) is 5.92 Å².